The van der Waals surface area contributed by atoms with Crippen LogP contribution in [0.1, 0.15) is 19.3 Å². The first-order chi connectivity index (χ1) is 8.92. The van der Waals surface area contributed by atoms with Crippen molar-refractivity contribution in [1.82, 2.24) is 8.61 Å². The first kappa shape index (κ1) is 17.2. The molecule has 0 spiro atoms. The summed E-state index contributed by atoms with van der Waals surface area (Å²) in [6, 6.07) is 0. The molecule has 1 rings (SSSR count). The van der Waals surface area contributed by atoms with Gasteiger partial charge >= 0.3 is 21.2 Å². The Morgan fingerprint density at radius 3 is 1.95 bits per heavy atom. The summed E-state index contributed by atoms with van der Waals surface area (Å²) in [7, 11) is -9.56. The van der Waals surface area contributed by atoms with Gasteiger partial charge in [0, 0.05) is 20.1 Å². The Labute approximate surface area is 116 Å². The van der Waals surface area contributed by atoms with Crippen LogP contribution in [-0.2, 0) is 24.8 Å². The van der Waals surface area contributed by atoms with Gasteiger partial charge in [0.05, 0.1) is 6.26 Å². The lowest BCUT2D eigenvalue weighted by molar-refractivity contribution is -0.148. The summed E-state index contributed by atoms with van der Waals surface area (Å²) in [4.78, 5) is 12.4. The zero-order chi connectivity index (χ0) is 15.8. The Balaban J connectivity index is 3.11. The molecule has 1 aliphatic rings. The van der Waals surface area contributed by atoms with E-state index in [2.05, 4.69) is 0 Å². The maximum absolute atomic E-state index is 13.9. The second kappa shape index (κ2) is 5.53. The lowest BCUT2D eigenvalue weighted by Gasteiger charge is -2.30. The molecule has 20 heavy (non-hydrogen) atoms. The molecular weight excluding hydrogens is 318 g/mol. The minimum atomic E-state index is -5.62. The Kier molecular flexibility index (Phi) is 4.76. The van der Waals surface area contributed by atoms with Crippen molar-refractivity contribution in [3.63, 3.8) is 0 Å². The number of likely N-dealkylation sites (tertiary alicyclic amines) is 1. The third-order valence-electron chi connectivity index (χ3n) is 3.02. The van der Waals surface area contributed by atoms with Gasteiger partial charge in [-0.2, -0.15) is 8.78 Å². The van der Waals surface area contributed by atoms with Crippen molar-refractivity contribution >= 4 is 26.0 Å². The number of sulfonamides is 2. The van der Waals surface area contributed by atoms with Crippen LogP contribution in [0.25, 0.3) is 0 Å². The Morgan fingerprint density at radius 1 is 1.10 bits per heavy atom. The van der Waals surface area contributed by atoms with Gasteiger partial charge in [-0.25, -0.2) is 16.8 Å². The molecule has 1 fully saturated rings. The molecule has 0 saturated carbocycles. The molecule has 0 bridgehead atoms. The monoisotopic (exact) mass is 334 g/mol. The average Bonchev–Trinajstić information content (AvgIpc) is 2.36. The van der Waals surface area contributed by atoms with E-state index in [1.54, 1.807) is 0 Å². The van der Waals surface area contributed by atoms with E-state index >= 15 is 0 Å². The second-order valence-corrected chi connectivity index (χ2v) is 8.77. The number of hydrogen-bond acceptors (Lipinski definition) is 5. The van der Waals surface area contributed by atoms with Gasteiger partial charge in [-0.1, -0.05) is 3.71 Å². The maximum atomic E-state index is 13.9. The number of alkyl halides is 2. The number of piperidine rings is 1. The molecule has 1 aliphatic heterocycles. The van der Waals surface area contributed by atoms with Crippen molar-refractivity contribution in [2.45, 2.75) is 24.5 Å². The molecule has 7 nitrogen and oxygen atoms in total. The van der Waals surface area contributed by atoms with E-state index in [1.807, 2.05) is 0 Å². The number of nitrogens with zero attached hydrogens (tertiary/aromatic N) is 2. The summed E-state index contributed by atoms with van der Waals surface area (Å²) < 4.78 is 72.8. The van der Waals surface area contributed by atoms with Gasteiger partial charge in [-0.3, -0.25) is 4.79 Å². The fourth-order valence-corrected chi connectivity index (χ4v) is 4.11. The van der Waals surface area contributed by atoms with Crippen LogP contribution in [0, 0.1) is 0 Å². The predicted octanol–water partition coefficient (Wildman–Crippen LogP) is -0.187. The number of amides is 1. The molecule has 11 heteroatoms. The van der Waals surface area contributed by atoms with E-state index in [0.29, 0.717) is 26.1 Å². The van der Waals surface area contributed by atoms with Gasteiger partial charge in [0.1, 0.15) is 0 Å². The highest BCUT2D eigenvalue weighted by atomic mass is 32.3. The van der Waals surface area contributed by atoms with Gasteiger partial charge < -0.3 is 4.90 Å². The van der Waals surface area contributed by atoms with Crippen molar-refractivity contribution in [1.29, 1.82) is 0 Å². The lowest BCUT2D eigenvalue weighted by Crippen LogP contribution is -2.54. The molecule has 1 heterocycles. The quantitative estimate of drug-likeness (QED) is 0.711. The smallest absolute Gasteiger partial charge is 0.336 e. The molecule has 1 saturated heterocycles. The lowest BCUT2D eigenvalue weighted by atomic mass is 10.1. The van der Waals surface area contributed by atoms with Crippen molar-refractivity contribution in [3.05, 3.63) is 0 Å². The molecule has 0 aromatic heterocycles. The number of carbonyl (C=O) groups excluding carboxylic acids is 1. The van der Waals surface area contributed by atoms with E-state index in [0.717, 1.165) is 11.3 Å². The molecule has 0 atom stereocenters. The van der Waals surface area contributed by atoms with Gasteiger partial charge in [-0.05, 0) is 19.3 Å². The number of hydrogen-bond donors (Lipinski definition) is 0. The largest absolute Gasteiger partial charge is 0.436 e. The van der Waals surface area contributed by atoms with Gasteiger partial charge in [0.2, 0.25) is 10.0 Å². The Morgan fingerprint density at radius 2 is 1.55 bits per heavy atom. The Bertz CT molecular complexity index is 581. The third kappa shape index (κ3) is 3.09. The van der Waals surface area contributed by atoms with Crippen molar-refractivity contribution in [3.8, 4) is 0 Å². The fourth-order valence-electron chi connectivity index (χ4n) is 1.73. The molecule has 0 aliphatic carbocycles. The SMILES string of the molecule is CN(S(C)(=O)=O)S(=O)(=O)C(F)(F)C(=O)N1CCCCC1. The highest BCUT2D eigenvalue weighted by Crippen LogP contribution is 2.29. The first-order valence-electron chi connectivity index (χ1n) is 5.78. The van der Waals surface area contributed by atoms with Crippen LogP contribution >= 0.6 is 0 Å². The minimum Gasteiger partial charge on any atom is -0.336 e. The number of halogens is 2. The number of rotatable bonds is 4. The third-order valence-corrected chi connectivity index (χ3v) is 6.86. The standard InChI is InChI=1S/C9H16F2N2O5S2/c1-12(19(2,15)16)20(17,18)9(10,11)8(14)13-6-4-3-5-7-13/h3-7H2,1-2H3. The summed E-state index contributed by atoms with van der Waals surface area (Å²) >= 11 is 0. The maximum Gasteiger partial charge on any atom is 0.436 e. The highest BCUT2D eigenvalue weighted by Gasteiger charge is 2.58. The van der Waals surface area contributed by atoms with Crippen molar-refractivity contribution in [2.75, 3.05) is 26.4 Å². The van der Waals surface area contributed by atoms with Crippen LogP contribution in [0.3, 0.4) is 0 Å². The minimum absolute atomic E-state index is 0.0343. The van der Waals surface area contributed by atoms with Gasteiger partial charge in [0.25, 0.3) is 0 Å². The molecule has 0 aromatic carbocycles. The Hall–Kier alpha value is -0.810. The zero-order valence-electron chi connectivity index (χ0n) is 11.0. The van der Waals surface area contributed by atoms with E-state index in [4.69, 9.17) is 0 Å². The van der Waals surface area contributed by atoms with E-state index in [-0.39, 0.29) is 13.1 Å². The van der Waals surface area contributed by atoms with E-state index in [1.165, 1.54) is 0 Å². The van der Waals surface area contributed by atoms with Gasteiger partial charge in [-0.15, -0.1) is 0 Å². The molecule has 0 N–H and O–H groups in total. The summed E-state index contributed by atoms with van der Waals surface area (Å²) in [5.74, 6) is -1.88. The molecule has 0 aromatic rings. The van der Waals surface area contributed by atoms with Crippen LogP contribution in [0.5, 0.6) is 0 Å². The average molecular weight is 334 g/mol. The van der Waals surface area contributed by atoms with Gasteiger partial charge in [0.15, 0.2) is 0 Å². The molecule has 0 radical (unpaired) electrons. The van der Waals surface area contributed by atoms with E-state index in [9.17, 15) is 30.4 Å². The summed E-state index contributed by atoms with van der Waals surface area (Å²) in [5.41, 5.74) is 0. The molecule has 118 valence electrons. The summed E-state index contributed by atoms with van der Waals surface area (Å²) in [5, 5.41) is -4.80. The van der Waals surface area contributed by atoms with Crippen LogP contribution in [0.15, 0.2) is 0 Å². The van der Waals surface area contributed by atoms with Crippen LogP contribution in [0.4, 0.5) is 8.78 Å². The summed E-state index contributed by atoms with van der Waals surface area (Å²) in [6.45, 7) is 0.0685. The topological polar surface area (TPSA) is 91.8 Å². The van der Waals surface area contributed by atoms with Crippen molar-refractivity contribution in [2.24, 2.45) is 0 Å². The molecular formula is C9H16F2N2O5S2. The fraction of sp³-hybridized carbons (Fsp3) is 0.889. The van der Waals surface area contributed by atoms with Crippen LogP contribution in [-0.4, -0.2) is 63.0 Å². The normalized spacial score (nSPS) is 18.4. The molecule has 1 amide bonds. The summed E-state index contributed by atoms with van der Waals surface area (Å²) in [6.07, 6.45) is 2.24. The molecule has 0 unspecified atom stereocenters. The van der Waals surface area contributed by atoms with Crippen molar-refractivity contribution < 1.29 is 30.4 Å². The predicted molar refractivity (Wildman–Crippen MR) is 66.9 cm³/mol. The van der Waals surface area contributed by atoms with Crippen LogP contribution < -0.4 is 0 Å². The van der Waals surface area contributed by atoms with Crippen LogP contribution in [0.2, 0.25) is 0 Å². The van der Waals surface area contributed by atoms with E-state index < -0.39 is 34.9 Å². The highest BCUT2D eigenvalue weighted by molar-refractivity contribution is 8.04. The number of carbonyl (C=O) groups is 1. The first-order valence-corrected chi connectivity index (χ1v) is 9.07. The second-order valence-electron chi connectivity index (χ2n) is 4.52. The zero-order valence-corrected chi connectivity index (χ0v) is 12.7.